The molecule has 1 spiro atoms. The fourth-order valence-electron chi connectivity index (χ4n) is 4.36. The van der Waals surface area contributed by atoms with Gasteiger partial charge in [-0.15, -0.1) is 0 Å². The summed E-state index contributed by atoms with van der Waals surface area (Å²) in [5.74, 6) is 0.895. The molecule has 4 aliphatic rings. The molecule has 6 heteroatoms. The van der Waals surface area contributed by atoms with E-state index >= 15 is 0 Å². The maximum Gasteiger partial charge on any atom is 0.231 e. The third kappa shape index (κ3) is 1.58. The lowest BCUT2D eigenvalue weighted by Gasteiger charge is -2.49. The van der Waals surface area contributed by atoms with E-state index in [1.54, 1.807) is 13.2 Å². The molecule has 3 atom stereocenters. The van der Waals surface area contributed by atoms with E-state index in [0.717, 1.165) is 11.1 Å². The molecule has 0 unspecified atom stereocenters. The van der Waals surface area contributed by atoms with Crippen LogP contribution in [0.15, 0.2) is 35.9 Å². The molecule has 24 heavy (non-hydrogen) atoms. The number of methoxy groups -OCH3 is 1. The number of rotatable bonds is 1. The number of benzene rings is 1. The van der Waals surface area contributed by atoms with E-state index < -0.39 is 11.8 Å². The molecule has 0 radical (unpaired) electrons. The number of hydrogen-bond donors (Lipinski definition) is 1. The van der Waals surface area contributed by atoms with Gasteiger partial charge in [-0.1, -0.05) is 18.2 Å². The van der Waals surface area contributed by atoms with E-state index in [-0.39, 0.29) is 18.7 Å². The highest BCUT2D eigenvalue weighted by atomic mass is 16.7. The lowest BCUT2D eigenvalue weighted by Crippen LogP contribution is -2.58. The van der Waals surface area contributed by atoms with Crippen molar-refractivity contribution in [3.05, 3.63) is 47.1 Å². The average molecular weight is 327 g/mol. The minimum atomic E-state index is -1.17. The number of carbonyl (C=O) groups is 1. The SMILES string of the molecule is CO[C@H]1C=CC2=CCN3[C@H](O)C(=O)c4cc5c(cc4[C@]23C1)OCO5. The van der Waals surface area contributed by atoms with Crippen LogP contribution in [0.5, 0.6) is 11.5 Å². The normalized spacial score (nSPS) is 33.1. The topological polar surface area (TPSA) is 68.2 Å². The number of Topliss-reactive ketones (excluding diaryl/α,β-unsaturated/α-hetero) is 1. The molecule has 5 rings (SSSR count). The average Bonchev–Trinajstić information content (AvgIpc) is 3.22. The molecule has 0 amide bonds. The van der Waals surface area contributed by atoms with Crippen molar-refractivity contribution in [3.63, 3.8) is 0 Å². The Morgan fingerprint density at radius 1 is 1.33 bits per heavy atom. The van der Waals surface area contributed by atoms with Crippen LogP contribution in [0.1, 0.15) is 22.3 Å². The largest absolute Gasteiger partial charge is 0.454 e. The van der Waals surface area contributed by atoms with E-state index in [1.165, 1.54) is 0 Å². The van der Waals surface area contributed by atoms with E-state index in [0.29, 0.717) is 30.0 Å². The van der Waals surface area contributed by atoms with Gasteiger partial charge in [0.15, 0.2) is 17.7 Å². The summed E-state index contributed by atoms with van der Waals surface area (Å²) in [6.45, 7) is 0.672. The molecular weight excluding hydrogens is 310 g/mol. The van der Waals surface area contributed by atoms with Gasteiger partial charge >= 0.3 is 0 Å². The second-order valence-corrected chi connectivity index (χ2v) is 6.50. The van der Waals surface area contributed by atoms with Gasteiger partial charge in [-0.3, -0.25) is 9.69 Å². The van der Waals surface area contributed by atoms with E-state index in [9.17, 15) is 9.90 Å². The van der Waals surface area contributed by atoms with Gasteiger partial charge in [0, 0.05) is 25.6 Å². The molecule has 6 nitrogen and oxygen atoms in total. The Morgan fingerprint density at radius 2 is 2.12 bits per heavy atom. The molecule has 124 valence electrons. The lowest BCUT2D eigenvalue weighted by atomic mass is 9.70. The predicted octanol–water partition coefficient (Wildman–Crippen LogP) is 1.34. The van der Waals surface area contributed by atoms with E-state index in [2.05, 4.69) is 6.08 Å². The van der Waals surface area contributed by atoms with Crippen molar-refractivity contribution in [1.82, 2.24) is 4.90 Å². The second-order valence-electron chi connectivity index (χ2n) is 6.50. The molecule has 1 aromatic carbocycles. The van der Waals surface area contributed by atoms with Crippen LogP contribution in [0.4, 0.5) is 0 Å². The van der Waals surface area contributed by atoms with Gasteiger partial charge in [-0.05, 0) is 23.3 Å². The summed E-state index contributed by atoms with van der Waals surface area (Å²) in [5.41, 5.74) is 1.87. The molecule has 0 fully saturated rings. The maximum atomic E-state index is 12.7. The summed E-state index contributed by atoms with van der Waals surface area (Å²) in [5, 5.41) is 10.6. The van der Waals surface area contributed by atoms with Crippen LogP contribution >= 0.6 is 0 Å². The van der Waals surface area contributed by atoms with Gasteiger partial charge in [-0.2, -0.15) is 0 Å². The molecule has 1 N–H and O–H groups in total. The smallest absolute Gasteiger partial charge is 0.231 e. The molecule has 3 heterocycles. The molecule has 0 saturated carbocycles. The van der Waals surface area contributed by atoms with Crippen LogP contribution < -0.4 is 9.47 Å². The zero-order chi connectivity index (χ0) is 16.5. The van der Waals surface area contributed by atoms with Gasteiger partial charge in [0.1, 0.15) is 0 Å². The Morgan fingerprint density at radius 3 is 2.92 bits per heavy atom. The summed E-state index contributed by atoms with van der Waals surface area (Å²) < 4.78 is 16.5. The fraction of sp³-hybridized carbons (Fsp3) is 0.389. The number of aliphatic hydroxyl groups excluding tert-OH is 1. The highest BCUT2D eigenvalue weighted by molar-refractivity contribution is 6.03. The van der Waals surface area contributed by atoms with E-state index in [1.807, 2.05) is 23.1 Å². The summed E-state index contributed by atoms with van der Waals surface area (Å²) in [4.78, 5) is 14.6. The quantitative estimate of drug-likeness (QED) is 0.840. The van der Waals surface area contributed by atoms with Crippen molar-refractivity contribution in [1.29, 1.82) is 0 Å². The minimum Gasteiger partial charge on any atom is -0.454 e. The molecule has 0 aromatic heterocycles. The number of fused-ring (bicyclic) bond motifs is 2. The molecule has 1 aromatic rings. The van der Waals surface area contributed by atoms with Gasteiger partial charge in [0.05, 0.1) is 11.6 Å². The predicted molar refractivity (Wildman–Crippen MR) is 83.9 cm³/mol. The monoisotopic (exact) mass is 327 g/mol. The molecule has 0 bridgehead atoms. The Kier molecular flexibility index (Phi) is 2.78. The summed E-state index contributed by atoms with van der Waals surface area (Å²) in [6, 6.07) is 3.59. The van der Waals surface area contributed by atoms with Crippen LogP contribution in [0, 0.1) is 0 Å². The van der Waals surface area contributed by atoms with Crippen molar-refractivity contribution >= 4 is 5.78 Å². The van der Waals surface area contributed by atoms with Crippen molar-refractivity contribution < 1.29 is 24.1 Å². The van der Waals surface area contributed by atoms with Gasteiger partial charge in [0.2, 0.25) is 12.6 Å². The lowest BCUT2D eigenvalue weighted by molar-refractivity contribution is -0.0487. The number of aliphatic hydroxyl groups is 1. The second kappa shape index (κ2) is 4.69. The number of carbonyl (C=O) groups excluding carboxylic acids is 1. The Hall–Kier alpha value is -2.15. The number of hydrogen-bond acceptors (Lipinski definition) is 6. The van der Waals surface area contributed by atoms with Gasteiger partial charge in [-0.25, -0.2) is 0 Å². The first kappa shape index (κ1) is 14.2. The minimum absolute atomic E-state index is 0.0820. The van der Waals surface area contributed by atoms with Crippen LogP contribution in [-0.4, -0.2) is 48.6 Å². The Bertz CT molecular complexity index is 814. The molecular formula is C18H17NO5. The summed E-state index contributed by atoms with van der Waals surface area (Å²) >= 11 is 0. The number of ketones is 1. The summed E-state index contributed by atoms with van der Waals surface area (Å²) in [7, 11) is 1.67. The summed E-state index contributed by atoms with van der Waals surface area (Å²) in [6.07, 6.45) is 5.52. The first-order chi connectivity index (χ1) is 11.6. The Labute approximate surface area is 138 Å². The highest BCUT2D eigenvalue weighted by Gasteiger charge is 2.56. The maximum absolute atomic E-state index is 12.7. The Balaban J connectivity index is 1.78. The first-order valence-electron chi connectivity index (χ1n) is 8.00. The van der Waals surface area contributed by atoms with E-state index in [4.69, 9.17) is 14.2 Å². The first-order valence-corrected chi connectivity index (χ1v) is 8.00. The zero-order valence-electron chi connectivity index (χ0n) is 13.2. The third-order valence-corrected chi connectivity index (χ3v) is 5.52. The zero-order valence-corrected chi connectivity index (χ0v) is 13.2. The third-order valence-electron chi connectivity index (χ3n) is 5.52. The number of ether oxygens (including phenoxy) is 3. The van der Waals surface area contributed by atoms with Crippen LogP contribution in [0.3, 0.4) is 0 Å². The van der Waals surface area contributed by atoms with Crippen molar-refractivity contribution in [3.8, 4) is 11.5 Å². The standard InChI is InChI=1S/C18H17NO5/c1-22-11-3-2-10-4-5-19-17(21)16(20)12-6-14-15(24-9-23-14)7-13(12)18(10,19)8-11/h2-4,6-7,11,17,21H,5,8-9H2,1H3/t11-,17+,18-/m0/s1. The van der Waals surface area contributed by atoms with Gasteiger partial charge in [0.25, 0.3) is 0 Å². The van der Waals surface area contributed by atoms with Gasteiger partial charge < -0.3 is 19.3 Å². The van der Waals surface area contributed by atoms with Crippen molar-refractivity contribution in [2.45, 2.75) is 24.3 Å². The number of nitrogens with zero attached hydrogens (tertiary/aromatic N) is 1. The molecule has 3 aliphatic heterocycles. The van der Waals surface area contributed by atoms with Crippen molar-refractivity contribution in [2.75, 3.05) is 20.4 Å². The van der Waals surface area contributed by atoms with Crippen molar-refractivity contribution in [2.24, 2.45) is 0 Å². The van der Waals surface area contributed by atoms with Crippen LogP contribution in [0.2, 0.25) is 0 Å². The van der Waals surface area contributed by atoms with Crippen LogP contribution in [0.25, 0.3) is 0 Å². The fourth-order valence-corrected chi connectivity index (χ4v) is 4.36. The van der Waals surface area contributed by atoms with Crippen LogP contribution in [-0.2, 0) is 10.3 Å². The molecule has 0 saturated heterocycles. The highest BCUT2D eigenvalue weighted by Crippen LogP contribution is 2.53. The molecule has 1 aliphatic carbocycles.